The summed E-state index contributed by atoms with van der Waals surface area (Å²) in [6.07, 6.45) is 5.05. The van der Waals surface area contributed by atoms with Crippen molar-refractivity contribution in [2.24, 2.45) is 0 Å². The Morgan fingerprint density at radius 3 is 3.10 bits per heavy atom. The van der Waals surface area contributed by atoms with Crippen molar-refractivity contribution in [3.8, 4) is 5.75 Å². The lowest BCUT2D eigenvalue weighted by Gasteiger charge is -2.22. The zero-order valence-corrected chi connectivity index (χ0v) is 14.4. The largest absolute Gasteiger partial charge is 0.493 e. The van der Waals surface area contributed by atoms with Crippen LogP contribution in [0, 0.1) is 0 Å². The first-order valence-electron chi connectivity index (χ1n) is 8.16. The first kappa shape index (κ1) is 15.3. The highest BCUT2D eigenvalue weighted by molar-refractivity contribution is 9.10. The van der Waals surface area contributed by atoms with E-state index < -0.39 is 0 Å². The third-order valence-corrected chi connectivity index (χ3v) is 5.14. The fraction of sp³-hybridized carbons (Fsp3) is 0.647. The van der Waals surface area contributed by atoms with Gasteiger partial charge in [-0.1, -0.05) is 22.9 Å². The van der Waals surface area contributed by atoms with Crippen molar-refractivity contribution in [2.45, 2.75) is 51.2 Å². The molecule has 0 amide bonds. The number of ether oxygens (including phenoxy) is 1. The number of hydrogen-bond donors (Lipinski definition) is 1. The number of rotatable bonds is 6. The topological polar surface area (TPSA) is 24.5 Å². The number of benzene rings is 1. The van der Waals surface area contributed by atoms with Crippen molar-refractivity contribution < 1.29 is 4.74 Å². The van der Waals surface area contributed by atoms with Crippen LogP contribution < -0.4 is 10.1 Å². The maximum atomic E-state index is 5.87. The Morgan fingerprint density at radius 2 is 2.24 bits per heavy atom. The summed E-state index contributed by atoms with van der Waals surface area (Å²) >= 11 is 3.57. The minimum absolute atomic E-state index is 0.644. The van der Waals surface area contributed by atoms with Crippen molar-refractivity contribution in [1.82, 2.24) is 10.2 Å². The second kappa shape index (κ2) is 7.12. The molecule has 0 aromatic heterocycles. The third-order valence-electron chi connectivity index (χ3n) is 4.64. The maximum absolute atomic E-state index is 5.87. The van der Waals surface area contributed by atoms with Gasteiger partial charge in [-0.2, -0.15) is 0 Å². The van der Waals surface area contributed by atoms with Gasteiger partial charge in [-0.05, 0) is 50.4 Å². The van der Waals surface area contributed by atoms with E-state index >= 15 is 0 Å². The number of hydrogen-bond acceptors (Lipinski definition) is 3. The molecule has 3 nitrogen and oxygen atoms in total. The molecular formula is C17H25BrN2O. The van der Waals surface area contributed by atoms with Crippen LogP contribution in [0.2, 0.25) is 0 Å². The van der Waals surface area contributed by atoms with Gasteiger partial charge in [0.25, 0.3) is 0 Å². The Labute approximate surface area is 136 Å². The first-order valence-corrected chi connectivity index (χ1v) is 8.96. The number of fused-ring (bicyclic) bond motifs is 1. The average molecular weight is 353 g/mol. The highest BCUT2D eigenvalue weighted by Crippen LogP contribution is 2.29. The fourth-order valence-corrected chi connectivity index (χ4v) is 4.01. The maximum Gasteiger partial charge on any atom is 0.123 e. The normalized spacial score (nSPS) is 25.2. The van der Waals surface area contributed by atoms with Crippen molar-refractivity contribution in [3.63, 3.8) is 0 Å². The summed E-state index contributed by atoms with van der Waals surface area (Å²) in [4.78, 5) is 2.65. The molecule has 2 atom stereocenters. The summed E-state index contributed by atoms with van der Waals surface area (Å²) in [6.45, 7) is 6.39. The predicted molar refractivity (Wildman–Crippen MR) is 89.8 cm³/mol. The summed E-state index contributed by atoms with van der Waals surface area (Å²) in [6, 6.07) is 7.72. The third kappa shape index (κ3) is 3.61. The smallest absolute Gasteiger partial charge is 0.123 e. The molecule has 0 saturated carbocycles. The molecule has 4 heteroatoms. The number of halogens is 1. The van der Waals surface area contributed by atoms with E-state index in [0.29, 0.717) is 6.04 Å². The zero-order valence-electron chi connectivity index (χ0n) is 12.8. The summed E-state index contributed by atoms with van der Waals surface area (Å²) in [5.74, 6) is 1.02. The van der Waals surface area contributed by atoms with Crippen molar-refractivity contribution in [1.29, 1.82) is 0 Å². The lowest BCUT2D eigenvalue weighted by molar-refractivity contribution is 0.295. The molecular weight excluding hydrogens is 328 g/mol. The second-order valence-electron chi connectivity index (χ2n) is 6.12. The van der Waals surface area contributed by atoms with Crippen LogP contribution in [0.25, 0.3) is 0 Å². The molecule has 0 aliphatic carbocycles. The molecule has 2 heterocycles. The minimum atomic E-state index is 0.644. The van der Waals surface area contributed by atoms with Crippen molar-refractivity contribution in [3.05, 3.63) is 28.2 Å². The average Bonchev–Trinajstić information content (AvgIpc) is 3.07. The van der Waals surface area contributed by atoms with Gasteiger partial charge in [0.1, 0.15) is 5.75 Å². The highest BCUT2D eigenvalue weighted by Gasteiger charge is 2.36. The van der Waals surface area contributed by atoms with E-state index in [1.54, 1.807) is 0 Å². The Bertz CT molecular complexity index is 480. The van der Waals surface area contributed by atoms with Gasteiger partial charge >= 0.3 is 0 Å². The van der Waals surface area contributed by atoms with E-state index in [4.69, 9.17) is 4.74 Å². The lowest BCUT2D eigenvalue weighted by Crippen LogP contribution is -2.38. The molecule has 3 rings (SSSR count). The van der Waals surface area contributed by atoms with Crippen LogP contribution in [0.15, 0.2) is 22.7 Å². The minimum Gasteiger partial charge on any atom is -0.493 e. The molecule has 2 aliphatic heterocycles. The van der Waals surface area contributed by atoms with Crippen LogP contribution in [0.4, 0.5) is 0 Å². The Kier molecular flexibility index (Phi) is 5.19. The van der Waals surface area contributed by atoms with Gasteiger partial charge in [-0.25, -0.2) is 0 Å². The molecule has 0 bridgehead atoms. The van der Waals surface area contributed by atoms with Crippen LogP contribution in [0.3, 0.4) is 0 Å². The van der Waals surface area contributed by atoms with E-state index in [1.807, 2.05) is 0 Å². The Hall–Kier alpha value is -0.580. The molecule has 2 unspecified atom stereocenters. The molecule has 116 valence electrons. The predicted octanol–water partition coefficient (Wildman–Crippen LogP) is 3.56. The standard InChI is InChI=1S/C17H25BrN2O/c1-2-10-21-17-6-5-14(18)11-13(17)12-19-15-7-9-20-8-3-4-16(15)20/h5-6,11,15-16,19H,2-4,7-10,12H2,1H3. The van der Waals surface area contributed by atoms with Crippen molar-refractivity contribution in [2.75, 3.05) is 19.7 Å². The Balaban J connectivity index is 1.62. The SMILES string of the molecule is CCCOc1ccc(Br)cc1CNC1CCN2CCCC12. The van der Waals surface area contributed by atoms with Crippen LogP contribution in [0.1, 0.15) is 38.2 Å². The molecule has 1 aromatic rings. The van der Waals surface area contributed by atoms with Gasteiger partial charge in [0.05, 0.1) is 6.61 Å². The van der Waals surface area contributed by atoms with Gasteiger partial charge in [0.2, 0.25) is 0 Å². The van der Waals surface area contributed by atoms with E-state index in [2.05, 4.69) is 51.3 Å². The molecule has 1 N–H and O–H groups in total. The lowest BCUT2D eigenvalue weighted by atomic mass is 10.1. The number of nitrogens with one attached hydrogen (secondary N) is 1. The summed E-state index contributed by atoms with van der Waals surface area (Å²) < 4.78 is 6.99. The molecule has 0 radical (unpaired) electrons. The van der Waals surface area contributed by atoms with Crippen LogP contribution in [-0.2, 0) is 6.54 Å². The zero-order chi connectivity index (χ0) is 14.7. The molecule has 0 spiro atoms. The Morgan fingerprint density at radius 1 is 1.33 bits per heavy atom. The monoisotopic (exact) mass is 352 g/mol. The second-order valence-corrected chi connectivity index (χ2v) is 7.04. The molecule has 2 aliphatic rings. The molecule has 2 saturated heterocycles. The van der Waals surface area contributed by atoms with E-state index in [-0.39, 0.29) is 0 Å². The first-order chi connectivity index (χ1) is 10.3. The summed E-state index contributed by atoms with van der Waals surface area (Å²) in [5.41, 5.74) is 1.26. The van der Waals surface area contributed by atoms with Gasteiger partial charge in [-0.3, -0.25) is 4.90 Å². The molecule has 1 aromatic carbocycles. The van der Waals surface area contributed by atoms with Crippen molar-refractivity contribution >= 4 is 15.9 Å². The quantitative estimate of drug-likeness (QED) is 0.846. The van der Waals surface area contributed by atoms with Gasteiger partial charge < -0.3 is 10.1 Å². The van der Waals surface area contributed by atoms with Gasteiger partial charge in [-0.15, -0.1) is 0 Å². The summed E-state index contributed by atoms with van der Waals surface area (Å²) in [7, 11) is 0. The van der Waals surface area contributed by atoms with Crippen LogP contribution in [-0.4, -0.2) is 36.7 Å². The molecule has 2 fully saturated rings. The van der Waals surface area contributed by atoms with Gasteiger partial charge in [0.15, 0.2) is 0 Å². The van der Waals surface area contributed by atoms with E-state index in [1.165, 1.54) is 37.9 Å². The van der Waals surface area contributed by atoms with Crippen LogP contribution >= 0.6 is 15.9 Å². The molecule has 21 heavy (non-hydrogen) atoms. The summed E-state index contributed by atoms with van der Waals surface area (Å²) in [5, 5.41) is 3.77. The van der Waals surface area contributed by atoms with Crippen LogP contribution in [0.5, 0.6) is 5.75 Å². The van der Waals surface area contributed by atoms with E-state index in [9.17, 15) is 0 Å². The number of nitrogens with zero attached hydrogens (tertiary/aromatic N) is 1. The van der Waals surface area contributed by atoms with E-state index in [0.717, 1.165) is 35.8 Å². The highest BCUT2D eigenvalue weighted by atomic mass is 79.9. The van der Waals surface area contributed by atoms with Gasteiger partial charge in [0, 0.05) is 35.2 Å². The fourth-order valence-electron chi connectivity index (χ4n) is 3.60.